The highest BCUT2D eigenvalue weighted by Crippen LogP contribution is 2.25. The highest BCUT2D eigenvalue weighted by Gasteiger charge is 2.19. The second-order valence-corrected chi connectivity index (χ2v) is 5.01. The lowest BCUT2D eigenvalue weighted by atomic mass is 10.2. The van der Waals surface area contributed by atoms with E-state index >= 15 is 0 Å². The van der Waals surface area contributed by atoms with E-state index in [-0.39, 0.29) is 12.4 Å². The number of piperazine rings is 1. The molecule has 1 aliphatic heterocycles. The van der Waals surface area contributed by atoms with Crippen LogP contribution in [0, 0.1) is 5.82 Å². The average Bonchev–Trinajstić information content (AvgIpc) is 2.47. The maximum absolute atomic E-state index is 14.1. The normalized spacial score (nSPS) is 16.4. The first-order valence-electron chi connectivity index (χ1n) is 7.25. The number of halogens is 1. The molecular weight excluding hydrogens is 259 g/mol. The van der Waals surface area contributed by atoms with Gasteiger partial charge in [0.25, 0.3) is 0 Å². The third-order valence-corrected chi connectivity index (χ3v) is 3.52. The molecule has 5 heteroatoms. The van der Waals surface area contributed by atoms with Crippen molar-refractivity contribution < 1.29 is 14.2 Å². The van der Waals surface area contributed by atoms with Gasteiger partial charge in [0, 0.05) is 38.8 Å². The van der Waals surface area contributed by atoms with Gasteiger partial charge in [0.05, 0.1) is 18.9 Å². The maximum Gasteiger partial charge on any atom is 0.150 e. The molecule has 112 valence electrons. The van der Waals surface area contributed by atoms with Crippen molar-refractivity contribution >= 4 is 5.69 Å². The molecule has 1 saturated heterocycles. The number of rotatable bonds is 6. The van der Waals surface area contributed by atoms with Crippen molar-refractivity contribution in [2.24, 2.45) is 0 Å². The largest absolute Gasteiger partial charge is 0.493 e. The van der Waals surface area contributed by atoms with E-state index in [1.54, 1.807) is 6.07 Å². The molecule has 0 amide bonds. The number of aliphatic hydroxyl groups excluding tert-OH is 1. The average molecular weight is 282 g/mol. The molecule has 0 spiro atoms. The Labute approximate surface area is 119 Å². The Morgan fingerprint density at radius 2 is 2.00 bits per heavy atom. The van der Waals surface area contributed by atoms with Crippen LogP contribution in [0.5, 0.6) is 5.75 Å². The van der Waals surface area contributed by atoms with Gasteiger partial charge in [-0.2, -0.15) is 0 Å². The molecule has 0 atom stereocenters. The van der Waals surface area contributed by atoms with Gasteiger partial charge < -0.3 is 14.7 Å². The van der Waals surface area contributed by atoms with Crippen molar-refractivity contribution in [2.45, 2.75) is 13.3 Å². The zero-order valence-electron chi connectivity index (χ0n) is 12.0. The molecule has 0 saturated carbocycles. The molecule has 0 unspecified atom stereocenters. The lowest BCUT2D eigenvalue weighted by Gasteiger charge is -2.35. The van der Waals surface area contributed by atoms with Crippen molar-refractivity contribution in [3.8, 4) is 5.75 Å². The van der Waals surface area contributed by atoms with Crippen LogP contribution in [0.2, 0.25) is 0 Å². The van der Waals surface area contributed by atoms with Gasteiger partial charge >= 0.3 is 0 Å². The monoisotopic (exact) mass is 282 g/mol. The minimum absolute atomic E-state index is 0.178. The highest BCUT2D eigenvalue weighted by atomic mass is 19.1. The van der Waals surface area contributed by atoms with Crippen molar-refractivity contribution in [3.05, 3.63) is 24.0 Å². The lowest BCUT2D eigenvalue weighted by Crippen LogP contribution is -2.47. The first-order valence-corrected chi connectivity index (χ1v) is 7.25. The van der Waals surface area contributed by atoms with E-state index in [1.807, 2.05) is 17.9 Å². The van der Waals surface area contributed by atoms with Crippen molar-refractivity contribution in [3.63, 3.8) is 0 Å². The summed E-state index contributed by atoms with van der Waals surface area (Å²) < 4.78 is 19.6. The summed E-state index contributed by atoms with van der Waals surface area (Å²) in [6.45, 7) is 6.79. The minimum atomic E-state index is -0.228. The molecule has 4 nitrogen and oxygen atoms in total. The summed E-state index contributed by atoms with van der Waals surface area (Å²) >= 11 is 0. The summed E-state index contributed by atoms with van der Waals surface area (Å²) in [5, 5.41) is 8.92. The Hall–Kier alpha value is -1.33. The predicted molar refractivity (Wildman–Crippen MR) is 77.9 cm³/mol. The molecule has 0 aliphatic carbocycles. The Kier molecular flexibility index (Phi) is 5.61. The molecule has 0 bridgehead atoms. The quantitative estimate of drug-likeness (QED) is 0.862. The fraction of sp³-hybridized carbons (Fsp3) is 0.600. The topological polar surface area (TPSA) is 35.9 Å². The fourth-order valence-corrected chi connectivity index (χ4v) is 2.41. The number of aliphatic hydroxyl groups is 1. The van der Waals surface area contributed by atoms with Crippen LogP contribution in [0.3, 0.4) is 0 Å². The van der Waals surface area contributed by atoms with Gasteiger partial charge in [-0.1, -0.05) is 6.92 Å². The second-order valence-electron chi connectivity index (χ2n) is 5.01. The number of anilines is 1. The molecule has 1 N–H and O–H groups in total. The SMILES string of the molecule is CCCOc1ccc(N2CCN(CCO)CC2)c(F)c1. The van der Waals surface area contributed by atoms with Crippen molar-refractivity contribution in [2.75, 3.05) is 50.8 Å². The predicted octanol–water partition coefficient (Wildman–Crippen LogP) is 1.73. The number of hydrogen-bond acceptors (Lipinski definition) is 4. The van der Waals surface area contributed by atoms with Crippen molar-refractivity contribution in [1.82, 2.24) is 4.90 Å². The van der Waals surface area contributed by atoms with E-state index in [2.05, 4.69) is 4.90 Å². The van der Waals surface area contributed by atoms with Crippen LogP contribution in [0.4, 0.5) is 10.1 Å². The summed E-state index contributed by atoms with van der Waals surface area (Å²) in [5.74, 6) is 0.362. The molecule has 1 fully saturated rings. The minimum Gasteiger partial charge on any atom is -0.493 e. The lowest BCUT2D eigenvalue weighted by molar-refractivity contribution is 0.188. The fourth-order valence-electron chi connectivity index (χ4n) is 2.41. The molecule has 2 rings (SSSR count). The third kappa shape index (κ3) is 3.84. The van der Waals surface area contributed by atoms with E-state index in [9.17, 15) is 4.39 Å². The van der Waals surface area contributed by atoms with Crippen LogP contribution in [0.25, 0.3) is 0 Å². The van der Waals surface area contributed by atoms with Crippen LogP contribution in [-0.2, 0) is 0 Å². The first-order chi connectivity index (χ1) is 9.74. The molecule has 1 aliphatic rings. The third-order valence-electron chi connectivity index (χ3n) is 3.52. The van der Waals surface area contributed by atoms with Gasteiger partial charge in [-0.25, -0.2) is 4.39 Å². The van der Waals surface area contributed by atoms with E-state index in [1.165, 1.54) is 6.07 Å². The molecule has 0 radical (unpaired) electrons. The molecule has 20 heavy (non-hydrogen) atoms. The van der Waals surface area contributed by atoms with Crippen molar-refractivity contribution in [1.29, 1.82) is 0 Å². The van der Waals surface area contributed by atoms with Gasteiger partial charge in [-0.05, 0) is 18.6 Å². The zero-order valence-corrected chi connectivity index (χ0v) is 12.0. The number of ether oxygens (including phenoxy) is 1. The van der Waals surface area contributed by atoms with E-state index in [0.29, 0.717) is 24.6 Å². The van der Waals surface area contributed by atoms with Gasteiger partial charge in [0.2, 0.25) is 0 Å². The second kappa shape index (κ2) is 7.45. The smallest absolute Gasteiger partial charge is 0.150 e. The summed E-state index contributed by atoms with van der Waals surface area (Å²) in [7, 11) is 0. The summed E-state index contributed by atoms with van der Waals surface area (Å²) in [4.78, 5) is 4.24. The number of β-amino-alcohol motifs (C(OH)–C–C–N with tert-alkyl or cyclic N) is 1. The summed E-state index contributed by atoms with van der Waals surface area (Å²) in [6, 6.07) is 5.08. The number of hydrogen-bond donors (Lipinski definition) is 1. The standard InChI is InChI=1S/C15H23FN2O2/c1-2-11-20-13-3-4-15(14(16)12-13)18-7-5-17(6-8-18)9-10-19/h3-4,12,19H,2,5-11H2,1H3. The van der Waals surface area contributed by atoms with E-state index in [4.69, 9.17) is 9.84 Å². The number of benzene rings is 1. The Morgan fingerprint density at radius 1 is 1.25 bits per heavy atom. The van der Waals surface area contributed by atoms with Gasteiger partial charge in [0.15, 0.2) is 0 Å². The first kappa shape index (κ1) is 15.1. The van der Waals surface area contributed by atoms with Gasteiger partial charge in [-0.15, -0.1) is 0 Å². The van der Waals surface area contributed by atoms with Crippen LogP contribution < -0.4 is 9.64 Å². The molecule has 0 aromatic heterocycles. The maximum atomic E-state index is 14.1. The van der Waals surface area contributed by atoms with Crippen LogP contribution in [0.15, 0.2) is 18.2 Å². The Bertz CT molecular complexity index is 420. The number of nitrogens with zero attached hydrogens (tertiary/aromatic N) is 2. The van der Waals surface area contributed by atoms with Crippen LogP contribution >= 0.6 is 0 Å². The highest BCUT2D eigenvalue weighted by molar-refractivity contribution is 5.51. The summed E-state index contributed by atoms with van der Waals surface area (Å²) in [6.07, 6.45) is 0.913. The van der Waals surface area contributed by atoms with Gasteiger partial charge in [0.1, 0.15) is 11.6 Å². The van der Waals surface area contributed by atoms with Crippen LogP contribution in [-0.4, -0.2) is 55.9 Å². The van der Waals surface area contributed by atoms with Gasteiger partial charge in [-0.3, -0.25) is 4.90 Å². The van der Waals surface area contributed by atoms with Crippen LogP contribution in [0.1, 0.15) is 13.3 Å². The Morgan fingerprint density at radius 3 is 2.60 bits per heavy atom. The molecule has 1 aromatic rings. The Balaban J connectivity index is 1.96. The molecular formula is C15H23FN2O2. The summed E-state index contributed by atoms with van der Waals surface area (Å²) in [5.41, 5.74) is 0.637. The van der Waals surface area contributed by atoms with E-state index < -0.39 is 0 Å². The molecule has 1 heterocycles. The zero-order chi connectivity index (χ0) is 14.4. The van der Waals surface area contributed by atoms with E-state index in [0.717, 1.165) is 32.6 Å². The molecule has 1 aromatic carbocycles.